The SMILES string of the molecule is CCCCCCC/C=C/C(O)C(COP(=O)([O-])OCC[N+](C)(C)C)NC(=O)CCCCCCCCCCCCCCCCCCCCCCCCCCCCCCCCCCC. The summed E-state index contributed by atoms with van der Waals surface area (Å²) >= 11 is 0. The van der Waals surface area contributed by atoms with Gasteiger partial charge in [0.1, 0.15) is 13.2 Å². The minimum Gasteiger partial charge on any atom is -0.756 e. The van der Waals surface area contributed by atoms with Crippen LogP contribution in [0.15, 0.2) is 12.2 Å². The molecule has 0 aromatic rings. The first-order chi connectivity index (χ1) is 30.0. The largest absolute Gasteiger partial charge is 0.756 e. The van der Waals surface area contributed by atoms with E-state index in [-0.39, 0.29) is 19.1 Å². The van der Waals surface area contributed by atoms with Crippen molar-refractivity contribution in [2.45, 2.75) is 283 Å². The number of hydrogen-bond donors (Lipinski definition) is 2. The van der Waals surface area contributed by atoms with Crippen molar-refractivity contribution in [3.8, 4) is 0 Å². The average molecular weight is 899 g/mol. The molecule has 9 heteroatoms. The Bertz CT molecular complexity index is 1020. The molecule has 0 saturated carbocycles. The third kappa shape index (κ3) is 47.2. The Morgan fingerprint density at radius 2 is 0.871 bits per heavy atom. The molecule has 8 nitrogen and oxygen atoms in total. The minimum atomic E-state index is -4.58. The molecule has 0 spiro atoms. The number of quaternary nitrogens is 1. The van der Waals surface area contributed by atoms with Gasteiger partial charge >= 0.3 is 0 Å². The van der Waals surface area contributed by atoms with Crippen LogP contribution in [0.5, 0.6) is 0 Å². The highest BCUT2D eigenvalue weighted by molar-refractivity contribution is 7.45. The Labute approximate surface area is 386 Å². The van der Waals surface area contributed by atoms with Gasteiger partial charge in [-0.1, -0.05) is 257 Å². The quantitative estimate of drug-likeness (QED) is 0.0272. The number of aliphatic hydroxyl groups excluding tert-OH is 1. The molecule has 1 amide bonds. The Kier molecular flexibility index (Phi) is 44.8. The smallest absolute Gasteiger partial charge is 0.268 e. The summed E-state index contributed by atoms with van der Waals surface area (Å²) in [6.45, 7) is 4.61. The van der Waals surface area contributed by atoms with E-state index in [0.717, 1.165) is 38.5 Å². The second kappa shape index (κ2) is 45.4. The number of unbranched alkanes of at least 4 members (excludes halogenated alkanes) is 37. The van der Waals surface area contributed by atoms with Crippen LogP contribution in [0.1, 0.15) is 271 Å². The number of allylic oxidation sites excluding steroid dienone is 1. The second-order valence-corrected chi connectivity index (χ2v) is 21.4. The number of hydrogen-bond acceptors (Lipinski definition) is 6. The zero-order valence-electron chi connectivity index (χ0n) is 42.1. The van der Waals surface area contributed by atoms with Crippen LogP contribution in [0.25, 0.3) is 0 Å². The number of rotatable bonds is 50. The fraction of sp³-hybridized carbons (Fsp3) is 0.943. The molecule has 0 fully saturated rings. The molecule has 0 aromatic heterocycles. The maximum atomic E-state index is 12.8. The van der Waals surface area contributed by atoms with Gasteiger partial charge in [-0.05, 0) is 19.3 Å². The number of carbonyl (C=O) groups excluding carboxylic acids is 1. The topological polar surface area (TPSA) is 108 Å². The summed E-state index contributed by atoms with van der Waals surface area (Å²) in [5, 5.41) is 13.7. The van der Waals surface area contributed by atoms with Crippen molar-refractivity contribution in [2.75, 3.05) is 40.9 Å². The van der Waals surface area contributed by atoms with E-state index >= 15 is 0 Å². The number of amides is 1. The molecule has 0 saturated heterocycles. The Morgan fingerprint density at radius 3 is 1.21 bits per heavy atom. The van der Waals surface area contributed by atoms with E-state index in [0.29, 0.717) is 17.4 Å². The Morgan fingerprint density at radius 1 is 0.548 bits per heavy atom. The second-order valence-electron chi connectivity index (χ2n) is 19.9. The van der Waals surface area contributed by atoms with Gasteiger partial charge in [0.25, 0.3) is 7.82 Å². The summed E-state index contributed by atoms with van der Waals surface area (Å²) in [5.41, 5.74) is 0. The standard InChI is InChI=1S/C53H107N2O6P/c1-6-8-10-12-14-15-16-17-18-19-20-21-22-23-24-25-26-27-28-29-30-31-32-33-34-35-36-37-38-39-41-43-45-47-53(57)54-51(52(56)46-44-42-40-13-11-9-7-2)50-61-62(58,59)60-49-48-55(3,4)5/h44,46,51-52,56H,6-43,45,47-50H2,1-5H3,(H-,54,57,58,59)/b46-44+. The summed E-state index contributed by atoms with van der Waals surface area (Å²) < 4.78 is 23.1. The fourth-order valence-electron chi connectivity index (χ4n) is 8.21. The first kappa shape index (κ1) is 61.2. The van der Waals surface area contributed by atoms with Gasteiger partial charge in [0, 0.05) is 6.42 Å². The van der Waals surface area contributed by atoms with Crippen LogP contribution in [0.2, 0.25) is 0 Å². The zero-order valence-corrected chi connectivity index (χ0v) is 43.0. The molecule has 0 aliphatic carbocycles. The number of nitrogens with zero attached hydrogens (tertiary/aromatic N) is 1. The van der Waals surface area contributed by atoms with E-state index < -0.39 is 20.0 Å². The lowest BCUT2D eigenvalue weighted by Gasteiger charge is -2.29. The third-order valence-corrected chi connectivity index (χ3v) is 13.5. The number of phosphoric acid groups is 1. The summed E-state index contributed by atoms with van der Waals surface area (Å²) in [6.07, 6.45) is 54.8. The van der Waals surface area contributed by atoms with Crippen LogP contribution in [0.4, 0.5) is 0 Å². The van der Waals surface area contributed by atoms with E-state index in [1.165, 1.54) is 212 Å². The molecule has 0 heterocycles. The van der Waals surface area contributed by atoms with Crippen LogP contribution >= 0.6 is 7.82 Å². The van der Waals surface area contributed by atoms with Gasteiger partial charge in [-0.25, -0.2) is 0 Å². The molecular weight excluding hydrogens is 792 g/mol. The lowest BCUT2D eigenvalue weighted by Crippen LogP contribution is -2.45. The molecule has 0 aromatic carbocycles. The summed E-state index contributed by atoms with van der Waals surface area (Å²) in [5.74, 6) is -0.196. The molecule has 370 valence electrons. The van der Waals surface area contributed by atoms with E-state index in [9.17, 15) is 19.4 Å². The van der Waals surface area contributed by atoms with Gasteiger partial charge in [-0.15, -0.1) is 0 Å². The molecule has 62 heavy (non-hydrogen) atoms. The van der Waals surface area contributed by atoms with Gasteiger partial charge in [0.2, 0.25) is 5.91 Å². The van der Waals surface area contributed by atoms with Crippen molar-refractivity contribution < 1.29 is 32.9 Å². The molecule has 0 aliphatic rings. The van der Waals surface area contributed by atoms with Crippen LogP contribution in [-0.2, 0) is 18.4 Å². The summed E-state index contributed by atoms with van der Waals surface area (Å²) in [7, 11) is 1.27. The van der Waals surface area contributed by atoms with Crippen LogP contribution in [0.3, 0.4) is 0 Å². The van der Waals surface area contributed by atoms with Crippen LogP contribution in [-0.4, -0.2) is 68.5 Å². The highest BCUT2D eigenvalue weighted by Crippen LogP contribution is 2.38. The minimum absolute atomic E-state index is 0.00151. The number of aliphatic hydroxyl groups is 1. The van der Waals surface area contributed by atoms with E-state index in [2.05, 4.69) is 19.2 Å². The number of phosphoric ester groups is 1. The van der Waals surface area contributed by atoms with E-state index in [4.69, 9.17) is 9.05 Å². The maximum Gasteiger partial charge on any atom is 0.268 e. The van der Waals surface area contributed by atoms with Gasteiger partial charge in [0.15, 0.2) is 0 Å². The van der Waals surface area contributed by atoms with Crippen LogP contribution < -0.4 is 10.2 Å². The average Bonchev–Trinajstić information content (AvgIpc) is 3.23. The Balaban J connectivity index is 3.80. The number of carbonyl (C=O) groups is 1. The van der Waals surface area contributed by atoms with Gasteiger partial charge in [0.05, 0.1) is 39.9 Å². The first-order valence-electron chi connectivity index (χ1n) is 27.1. The fourth-order valence-corrected chi connectivity index (χ4v) is 8.94. The van der Waals surface area contributed by atoms with Crippen molar-refractivity contribution in [2.24, 2.45) is 0 Å². The number of likely N-dealkylation sites (N-methyl/N-ethyl adjacent to an activating group) is 1. The normalized spacial score (nSPS) is 14.1. The predicted molar refractivity (Wildman–Crippen MR) is 266 cm³/mol. The zero-order chi connectivity index (χ0) is 45.7. The lowest BCUT2D eigenvalue weighted by molar-refractivity contribution is -0.870. The van der Waals surface area contributed by atoms with Crippen LogP contribution in [0, 0.1) is 0 Å². The highest BCUT2D eigenvalue weighted by Gasteiger charge is 2.23. The molecule has 3 atom stereocenters. The van der Waals surface area contributed by atoms with E-state index in [1.807, 2.05) is 27.2 Å². The predicted octanol–water partition coefficient (Wildman–Crippen LogP) is 15.2. The van der Waals surface area contributed by atoms with Crippen molar-refractivity contribution >= 4 is 13.7 Å². The molecule has 0 aliphatic heterocycles. The third-order valence-electron chi connectivity index (χ3n) is 12.5. The molecule has 0 rings (SSSR count). The van der Waals surface area contributed by atoms with Crippen molar-refractivity contribution in [1.29, 1.82) is 0 Å². The first-order valence-corrected chi connectivity index (χ1v) is 28.5. The molecular formula is C53H107N2O6P. The van der Waals surface area contributed by atoms with Crippen molar-refractivity contribution in [3.63, 3.8) is 0 Å². The van der Waals surface area contributed by atoms with Crippen molar-refractivity contribution in [3.05, 3.63) is 12.2 Å². The molecule has 2 N–H and O–H groups in total. The Hall–Kier alpha value is -0.760. The monoisotopic (exact) mass is 899 g/mol. The maximum absolute atomic E-state index is 12.8. The molecule has 0 radical (unpaired) electrons. The highest BCUT2D eigenvalue weighted by atomic mass is 31.2. The lowest BCUT2D eigenvalue weighted by atomic mass is 10.0. The van der Waals surface area contributed by atoms with E-state index in [1.54, 1.807) is 6.08 Å². The molecule has 0 bridgehead atoms. The summed E-state index contributed by atoms with van der Waals surface area (Å²) in [6, 6.07) is -0.878. The summed E-state index contributed by atoms with van der Waals surface area (Å²) in [4.78, 5) is 25.2. The van der Waals surface area contributed by atoms with Crippen molar-refractivity contribution in [1.82, 2.24) is 5.32 Å². The molecule has 3 unspecified atom stereocenters. The number of nitrogens with one attached hydrogen (secondary N) is 1. The van der Waals surface area contributed by atoms with Gasteiger partial charge < -0.3 is 28.8 Å². The van der Waals surface area contributed by atoms with Gasteiger partial charge in [-0.3, -0.25) is 9.36 Å². The van der Waals surface area contributed by atoms with Gasteiger partial charge in [-0.2, -0.15) is 0 Å².